The average molecular weight is 533 g/mol. The minimum absolute atomic E-state index is 0. The first-order valence-electron chi connectivity index (χ1n) is 10.5. The van der Waals surface area contributed by atoms with E-state index in [-0.39, 0.29) is 43.4 Å². The molecule has 0 atom stereocenters. The van der Waals surface area contributed by atoms with Crippen LogP contribution < -0.4 is 12.4 Å². The second kappa shape index (κ2) is 12.8. The van der Waals surface area contributed by atoms with Gasteiger partial charge in [0, 0.05) is 11.1 Å². The first-order chi connectivity index (χ1) is 14.8. The van der Waals surface area contributed by atoms with Crippen LogP contribution in [0, 0.1) is 25.7 Å². The molecule has 0 spiro atoms. The molecule has 5 rings (SSSR count). The molecular formula is C28H26ClO2Rh+. The molecule has 0 bridgehead atoms. The Balaban J connectivity index is 0.000000312. The number of hydrogen-bond donors (Lipinski definition) is 2. The summed E-state index contributed by atoms with van der Waals surface area (Å²) in [5, 5.41) is 24.8. The van der Waals surface area contributed by atoms with Crippen molar-refractivity contribution in [1.82, 2.24) is 0 Å². The van der Waals surface area contributed by atoms with Gasteiger partial charge < -0.3 is 22.6 Å². The standard InChI is InChI=1S/C20H14O2.C8H12.ClH.Rh/c21-17-11-9-13-5-1-3-7-15(13)19(17)20-16-8-4-2-6-14(16)10-12-18(20)22;1-2-4-6-8-7-5-3-1;;/h1-12,21-22H;1-2,7-8H,3-6H2;1H;/q;;;+2/p-1. The van der Waals surface area contributed by atoms with Crippen molar-refractivity contribution in [2.24, 2.45) is 0 Å². The molecular weight excluding hydrogens is 507 g/mol. The molecule has 2 N–H and O–H groups in total. The average Bonchev–Trinajstić information content (AvgIpc) is 2.74. The monoisotopic (exact) mass is 532 g/mol. The zero-order chi connectivity index (χ0) is 20.8. The normalized spacial score (nSPS) is 13.6. The van der Waals surface area contributed by atoms with Crippen LogP contribution in [-0.4, -0.2) is 10.2 Å². The Labute approximate surface area is 209 Å². The number of rotatable bonds is 1. The molecule has 1 aliphatic carbocycles. The van der Waals surface area contributed by atoms with Crippen molar-refractivity contribution >= 4 is 21.5 Å². The zero-order valence-corrected chi connectivity index (χ0v) is 20.1. The molecule has 0 aliphatic heterocycles. The van der Waals surface area contributed by atoms with Crippen LogP contribution in [-0.2, 0) is 19.5 Å². The third-order valence-corrected chi connectivity index (χ3v) is 5.40. The fraction of sp³-hybridized carbons (Fsp3) is 0.143. The van der Waals surface area contributed by atoms with E-state index in [9.17, 15) is 10.2 Å². The van der Waals surface area contributed by atoms with Gasteiger partial charge in [0.25, 0.3) is 0 Å². The van der Waals surface area contributed by atoms with Gasteiger partial charge in [-0.2, -0.15) is 0 Å². The Morgan fingerprint density at radius 3 is 1.19 bits per heavy atom. The Kier molecular flexibility index (Phi) is 10.5. The van der Waals surface area contributed by atoms with Crippen molar-refractivity contribution in [3.63, 3.8) is 0 Å². The predicted molar refractivity (Wildman–Crippen MR) is 126 cm³/mol. The second-order valence-corrected chi connectivity index (χ2v) is 7.46. The Bertz CT molecular complexity index is 1040. The molecule has 0 amide bonds. The number of phenols is 2. The number of halogens is 1. The summed E-state index contributed by atoms with van der Waals surface area (Å²) >= 11 is 0. The summed E-state index contributed by atoms with van der Waals surface area (Å²) in [5.41, 5.74) is 1.35. The van der Waals surface area contributed by atoms with Gasteiger partial charge in [-0.15, -0.1) is 0 Å². The smallest absolute Gasteiger partial charge is 1.00 e. The minimum Gasteiger partial charge on any atom is -1.00 e. The third-order valence-electron chi connectivity index (χ3n) is 5.40. The van der Waals surface area contributed by atoms with Gasteiger partial charge in [-0.1, -0.05) is 60.7 Å². The maximum Gasteiger partial charge on any atom is 2.00 e. The third kappa shape index (κ3) is 6.03. The fourth-order valence-electron chi connectivity index (χ4n) is 3.90. The van der Waals surface area contributed by atoms with Crippen LogP contribution in [0.2, 0.25) is 0 Å². The summed E-state index contributed by atoms with van der Waals surface area (Å²) in [6.07, 6.45) is 14.0. The number of phenolic OH excluding ortho intramolecular Hbond substituents is 2. The molecule has 0 saturated heterocycles. The van der Waals surface area contributed by atoms with Crippen molar-refractivity contribution in [3.05, 3.63) is 98.5 Å². The van der Waals surface area contributed by atoms with Crippen LogP contribution in [0.4, 0.5) is 0 Å². The molecule has 2 nitrogen and oxygen atoms in total. The second-order valence-electron chi connectivity index (χ2n) is 7.46. The number of benzene rings is 4. The summed E-state index contributed by atoms with van der Waals surface area (Å²) in [6.45, 7) is 0. The van der Waals surface area contributed by atoms with Gasteiger partial charge in [-0.25, -0.2) is 0 Å². The number of fused-ring (bicyclic) bond motifs is 2. The molecule has 32 heavy (non-hydrogen) atoms. The molecule has 165 valence electrons. The van der Waals surface area contributed by atoms with Crippen molar-refractivity contribution in [2.75, 3.05) is 0 Å². The molecule has 0 aromatic heterocycles. The zero-order valence-electron chi connectivity index (χ0n) is 17.7. The first kappa shape index (κ1) is 26.2. The van der Waals surface area contributed by atoms with Crippen LogP contribution in [0.1, 0.15) is 25.7 Å². The molecule has 0 unspecified atom stereocenters. The maximum atomic E-state index is 10.4. The predicted octanol–water partition coefficient (Wildman–Crippen LogP) is 4.45. The number of hydrogen-bond acceptors (Lipinski definition) is 2. The molecule has 5 radical (unpaired) electrons. The Hall–Kier alpha value is -2.09. The van der Waals surface area contributed by atoms with E-state index in [0.717, 1.165) is 21.5 Å². The van der Waals surface area contributed by atoms with Crippen molar-refractivity contribution in [3.8, 4) is 22.6 Å². The van der Waals surface area contributed by atoms with Crippen LogP contribution in [0.25, 0.3) is 32.7 Å². The van der Waals surface area contributed by atoms with Gasteiger partial charge in [0.2, 0.25) is 0 Å². The van der Waals surface area contributed by atoms with Crippen LogP contribution in [0.15, 0.2) is 72.8 Å². The fourth-order valence-corrected chi connectivity index (χ4v) is 3.90. The van der Waals surface area contributed by atoms with Gasteiger partial charge in [0.1, 0.15) is 11.5 Å². The van der Waals surface area contributed by atoms with E-state index in [2.05, 4.69) is 25.7 Å². The van der Waals surface area contributed by atoms with E-state index in [4.69, 9.17) is 0 Å². The summed E-state index contributed by atoms with van der Waals surface area (Å²) in [7, 11) is 0. The van der Waals surface area contributed by atoms with Gasteiger partial charge in [-0.05, 0) is 85.0 Å². The van der Waals surface area contributed by atoms with E-state index in [0.29, 0.717) is 11.1 Å². The minimum atomic E-state index is 0. The summed E-state index contributed by atoms with van der Waals surface area (Å²) in [5.74, 6) is 0.343. The van der Waals surface area contributed by atoms with E-state index >= 15 is 0 Å². The molecule has 4 heteroatoms. The van der Waals surface area contributed by atoms with Gasteiger partial charge in [0.05, 0.1) is 0 Å². The molecule has 1 saturated carbocycles. The first-order valence-corrected chi connectivity index (χ1v) is 10.5. The summed E-state index contributed by atoms with van der Waals surface area (Å²) in [6, 6.07) is 22.9. The molecule has 1 fully saturated rings. The molecule has 4 aromatic rings. The van der Waals surface area contributed by atoms with E-state index in [1.165, 1.54) is 25.7 Å². The van der Waals surface area contributed by atoms with Crippen LogP contribution >= 0.6 is 0 Å². The Morgan fingerprint density at radius 2 is 0.812 bits per heavy atom. The molecule has 0 heterocycles. The van der Waals surface area contributed by atoms with Gasteiger partial charge >= 0.3 is 19.5 Å². The maximum absolute atomic E-state index is 10.4. The quantitative estimate of drug-likeness (QED) is 0.356. The van der Waals surface area contributed by atoms with Gasteiger partial charge in [0.15, 0.2) is 0 Å². The Morgan fingerprint density at radius 1 is 0.469 bits per heavy atom. The van der Waals surface area contributed by atoms with E-state index in [1.807, 2.05) is 60.7 Å². The molecule has 4 aromatic carbocycles. The number of aromatic hydroxyl groups is 2. The summed E-state index contributed by atoms with van der Waals surface area (Å²) in [4.78, 5) is 0. The topological polar surface area (TPSA) is 40.5 Å². The largest absolute Gasteiger partial charge is 2.00 e. The summed E-state index contributed by atoms with van der Waals surface area (Å²) < 4.78 is 0. The van der Waals surface area contributed by atoms with Crippen molar-refractivity contribution < 1.29 is 42.1 Å². The van der Waals surface area contributed by atoms with Crippen LogP contribution in [0.5, 0.6) is 11.5 Å². The van der Waals surface area contributed by atoms with Crippen molar-refractivity contribution in [2.45, 2.75) is 25.7 Å². The van der Waals surface area contributed by atoms with E-state index in [1.54, 1.807) is 12.1 Å². The van der Waals surface area contributed by atoms with Crippen molar-refractivity contribution in [1.29, 1.82) is 0 Å². The van der Waals surface area contributed by atoms with Gasteiger partial charge in [-0.3, -0.25) is 0 Å². The van der Waals surface area contributed by atoms with E-state index < -0.39 is 0 Å². The van der Waals surface area contributed by atoms with Crippen LogP contribution in [0.3, 0.4) is 0 Å². The molecule has 1 aliphatic rings. The SMILES string of the molecule is Oc1ccc2ccccc2c1-c1c(O)ccc2ccccc12.[CH]1[CH]CC[CH][CH]CC1.[Cl-].[Rh+2].